The van der Waals surface area contributed by atoms with E-state index >= 15 is 0 Å². The Morgan fingerprint density at radius 1 is 1.13 bits per heavy atom. The standard InChI is InChI=1S/C24H31N3O2S/c1-2-18-8-9-21-20(14-18)15-22(30-21)24(29)27-12-10-26(11-13-27)17-23(28)25-16-19-6-4-3-5-7-19/h3-7,15,18H,2,8-14,16-17H2,1H3,(H,25,28). The van der Waals surface area contributed by atoms with Gasteiger partial charge in [-0.3, -0.25) is 14.5 Å². The van der Waals surface area contributed by atoms with Gasteiger partial charge in [-0.05, 0) is 42.4 Å². The summed E-state index contributed by atoms with van der Waals surface area (Å²) in [4.78, 5) is 31.6. The lowest BCUT2D eigenvalue weighted by atomic mass is 9.87. The van der Waals surface area contributed by atoms with Crippen LogP contribution in [0.4, 0.5) is 0 Å². The second-order valence-electron chi connectivity index (χ2n) is 8.41. The van der Waals surface area contributed by atoms with Crippen molar-refractivity contribution in [3.8, 4) is 0 Å². The Morgan fingerprint density at radius 2 is 1.90 bits per heavy atom. The highest BCUT2D eigenvalue weighted by atomic mass is 32.1. The SMILES string of the molecule is CCC1CCc2sc(C(=O)N3CCN(CC(=O)NCc4ccccc4)CC3)cc2C1. The van der Waals surface area contributed by atoms with Gasteiger partial charge in [-0.25, -0.2) is 0 Å². The van der Waals surface area contributed by atoms with Crippen molar-refractivity contribution in [3.05, 3.63) is 57.3 Å². The number of aryl methyl sites for hydroxylation is 1. The van der Waals surface area contributed by atoms with Crippen molar-refractivity contribution in [2.75, 3.05) is 32.7 Å². The lowest BCUT2D eigenvalue weighted by Gasteiger charge is -2.34. The van der Waals surface area contributed by atoms with Gasteiger partial charge in [0.1, 0.15) is 0 Å². The summed E-state index contributed by atoms with van der Waals surface area (Å²) in [5.41, 5.74) is 2.50. The van der Waals surface area contributed by atoms with E-state index in [9.17, 15) is 9.59 Å². The molecule has 2 heterocycles. The number of piperazine rings is 1. The number of hydrogen-bond acceptors (Lipinski definition) is 4. The van der Waals surface area contributed by atoms with Crippen LogP contribution < -0.4 is 5.32 Å². The molecule has 4 rings (SSSR count). The smallest absolute Gasteiger partial charge is 0.264 e. The van der Waals surface area contributed by atoms with Crippen molar-refractivity contribution in [2.24, 2.45) is 5.92 Å². The van der Waals surface area contributed by atoms with E-state index in [1.807, 2.05) is 35.2 Å². The van der Waals surface area contributed by atoms with Gasteiger partial charge < -0.3 is 10.2 Å². The quantitative estimate of drug-likeness (QED) is 0.772. The van der Waals surface area contributed by atoms with Gasteiger partial charge in [0.2, 0.25) is 5.91 Å². The second-order valence-corrected chi connectivity index (χ2v) is 9.54. The summed E-state index contributed by atoms with van der Waals surface area (Å²) in [5.74, 6) is 0.970. The van der Waals surface area contributed by atoms with E-state index in [-0.39, 0.29) is 11.8 Å². The van der Waals surface area contributed by atoms with Crippen LogP contribution in [0.2, 0.25) is 0 Å². The minimum Gasteiger partial charge on any atom is -0.351 e. The molecule has 2 aliphatic rings. The van der Waals surface area contributed by atoms with Crippen molar-refractivity contribution in [1.82, 2.24) is 15.1 Å². The van der Waals surface area contributed by atoms with Crippen LogP contribution in [-0.2, 0) is 24.2 Å². The molecule has 1 N–H and O–H groups in total. The molecule has 2 aromatic rings. The number of carbonyl (C=O) groups excluding carboxylic acids is 2. The third-order valence-electron chi connectivity index (χ3n) is 6.33. The largest absolute Gasteiger partial charge is 0.351 e. The summed E-state index contributed by atoms with van der Waals surface area (Å²) in [6.45, 7) is 6.06. The van der Waals surface area contributed by atoms with Crippen molar-refractivity contribution in [1.29, 1.82) is 0 Å². The summed E-state index contributed by atoms with van der Waals surface area (Å²) in [6, 6.07) is 12.1. The van der Waals surface area contributed by atoms with Gasteiger partial charge in [0, 0.05) is 37.6 Å². The average molecular weight is 426 g/mol. The Balaban J connectivity index is 1.24. The molecule has 1 aromatic heterocycles. The third-order valence-corrected chi connectivity index (χ3v) is 7.56. The number of amides is 2. The van der Waals surface area contributed by atoms with E-state index in [4.69, 9.17) is 0 Å². The Morgan fingerprint density at radius 3 is 2.63 bits per heavy atom. The normalized spacial score (nSPS) is 19.4. The predicted octanol–water partition coefficient (Wildman–Crippen LogP) is 3.34. The summed E-state index contributed by atoms with van der Waals surface area (Å²) in [7, 11) is 0. The van der Waals surface area contributed by atoms with E-state index in [1.165, 1.54) is 23.3 Å². The summed E-state index contributed by atoms with van der Waals surface area (Å²) in [6.07, 6.45) is 4.72. The molecule has 160 valence electrons. The van der Waals surface area contributed by atoms with Gasteiger partial charge in [-0.2, -0.15) is 0 Å². The second kappa shape index (κ2) is 9.75. The minimum atomic E-state index is 0.0371. The van der Waals surface area contributed by atoms with Crippen LogP contribution in [0, 0.1) is 5.92 Å². The van der Waals surface area contributed by atoms with Crippen LogP contribution in [-0.4, -0.2) is 54.3 Å². The number of carbonyl (C=O) groups is 2. The van der Waals surface area contributed by atoms with Crippen LogP contribution in [0.1, 0.15) is 45.4 Å². The molecule has 1 aliphatic heterocycles. The zero-order valence-electron chi connectivity index (χ0n) is 17.7. The maximum Gasteiger partial charge on any atom is 0.264 e. The zero-order valence-corrected chi connectivity index (χ0v) is 18.5. The first-order valence-electron chi connectivity index (χ1n) is 11.1. The molecule has 1 unspecified atom stereocenters. The van der Waals surface area contributed by atoms with Gasteiger partial charge in [0.25, 0.3) is 5.91 Å². The van der Waals surface area contributed by atoms with E-state index in [2.05, 4.69) is 23.2 Å². The number of thiophene rings is 1. The molecule has 0 spiro atoms. The molecule has 2 amide bonds. The number of fused-ring (bicyclic) bond motifs is 1. The van der Waals surface area contributed by atoms with Crippen molar-refractivity contribution in [2.45, 2.75) is 39.2 Å². The van der Waals surface area contributed by atoms with Gasteiger partial charge >= 0.3 is 0 Å². The fourth-order valence-corrected chi connectivity index (χ4v) is 5.55. The molecule has 1 aliphatic carbocycles. The Hall–Kier alpha value is -2.18. The fourth-order valence-electron chi connectivity index (χ4n) is 4.37. The van der Waals surface area contributed by atoms with Crippen LogP contribution in [0.25, 0.3) is 0 Å². The first-order chi connectivity index (χ1) is 14.6. The number of benzene rings is 1. The summed E-state index contributed by atoms with van der Waals surface area (Å²) < 4.78 is 0. The van der Waals surface area contributed by atoms with Crippen LogP contribution in [0.15, 0.2) is 36.4 Å². The number of hydrogen-bond donors (Lipinski definition) is 1. The monoisotopic (exact) mass is 425 g/mol. The Kier molecular flexibility index (Phi) is 6.85. The van der Waals surface area contributed by atoms with Gasteiger partial charge in [0.05, 0.1) is 11.4 Å². The first kappa shape index (κ1) is 21.1. The molecule has 0 bridgehead atoms. The lowest BCUT2D eigenvalue weighted by molar-refractivity contribution is -0.122. The highest BCUT2D eigenvalue weighted by molar-refractivity contribution is 7.14. The predicted molar refractivity (Wildman–Crippen MR) is 121 cm³/mol. The maximum atomic E-state index is 13.0. The molecule has 0 saturated carbocycles. The zero-order chi connectivity index (χ0) is 20.9. The van der Waals surface area contributed by atoms with E-state index in [0.717, 1.165) is 42.3 Å². The van der Waals surface area contributed by atoms with Crippen LogP contribution >= 0.6 is 11.3 Å². The summed E-state index contributed by atoms with van der Waals surface area (Å²) >= 11 is 1.70. The molecule has 5 nitrogen and oxygen atoms in total. The van der Waals surface area contributed by atoms with Gasteiger partial charge in [-0.1, -0.05) is 43.7 Å². The van der Waals surface area contributed by atoms with Crippen molar-refractivity contribution in [3.63, 3.8) is 0 Å². The molecular formula is C24H31N3O2S. The molecule has 6 heteroatoms. The first-order valence-corrected chi connectivity index (χ1v) is 11.9. The molecular weight excluding hydrogens is 394 g/mol. The van der Waals surface area contributed by atoms with Crippen molar-refractivity contribution < 1.29 is 9.59 Å². The van der Waals surface area contributed by atoms with Gasteiger partial charge in [-0.15, -0.1) is 11.3 Å². The Labute approximate surface area is 183 Å². The van der Waals surface area contributed by atoms with E-state index in [1.54, 1.807) is 11.3 Å². The summed E-state index contributed by atoms with van der Waals surface area (Å²) in [5, 5.41) is 2.98. The van der Waals surface area contributed by atoms with Gasteiger partial charge in [0.15, 0.2) is 0 Å². The topological polar surface area (TPSA) is 52.7 Å². The number of nitrogens with one attached hydrogen (secondary N) is 1. The van der Waals surface area contributed by atoms with Crippen LogP contribution in [0.3, 0.4) is 0 Å². The Bertz CT molecular complexity index is 872. The molecule has 30 heavy (non-hydrogen) atoms. The maximum absolute atomic E-state index is 13.0. The third kappa shape index (κ3) is 5.10. The molecule has 1 atom stereocenters. The highest BCUT2D eigenvalue weighted by Crippen LogP contribution is 2.34. The molecule has 0 radical (unpaired) electrons. The average Bonchev–Trinajstić information content (AvgIpc) is 3.22. The lowest BCUT2D eigenvalue weighted by Crippen LogP contribution is -2.51. The van der Waals surface area contributed by atoms with Crippen molar-refractivity contribution >= 4 is 23.2 Å². The fraction of sp³-hybridized carbons (Fsp3) is 0.500. The van der Waals surface area contributed by atoms with E-state index < -0.39 is 0 Å². The minimum absolute atomic E-state index is 0.0371. The van der Waals surface area contributed by atoms with E-state index in [0.29, 0.717) is 26.2 Å². The molecule has 1 aromatic carbocycles. The number of nitrogens with zero attached hydrogens (tertiary/aromatic N) is 2. The van der Waals surface area contributed by atoms with Crippen LogP contribution in [0.5, 0.6) is 0 Å². The molecule has 1 saturated heterocycles. The number of rotatable bonds is 6. The highest BCUT2D eigenvalue weighted by Gasteiger charge is 2.27. The molecule has 1 fully saturated rings.